The SMILES string of the molecule is CO[Si](CCCOCC(O)COC(=O)C(C)SCC(C)S(N)(=O)=O)(OC)OC. The van der Waals surface area contributed by atoms with Crippen LogP contribution < -0.4 is 5.14 Å². The van der Waals surface area contributed by atoms with E-state index >= 15 is 0 Å². The van der Waals surface area contributed by atoms with Crippen molar-refractivity contribution in [3.05, 3.63) is 0 Å². The minimum Gasteiger partial charge on any atom is -0.462 e. The zero-order valence-electron chi connectivity index (χ0n) is 17.1. The fourth-order valence-corrected chi connectivity index (χ4v) is 5.40. The Labute approximate surface area is 172 Å². The third-order valence-electron chi connectivity index (χ3n) is 3.91. The molecule has 0 fully saturated rings. The second-order valence-electron chi connectivity index (χ2n) is 6.13. The summed E-state index contributed by atoms with van der Waals surface area (Å²) in [6, 6.07) is 0.577. The summed E-state index contributed by atoms with van der Waals surface area (Å²) in [6.45, 7) is 3.25. The Bertz CT molecular complexity index is 537. The first kappa shape index (κ1) is 27.7. The van der Waals surface area contributed by atoms with Gasteiger partial charge in [0.25, 0.3) is 0 Å². The second kappa shape index (κ2) is 13.9. The number of esters is 1. The summed E-state index contributed by atoms with van der Waals surface area (Å²) in [7, 11) is -1.65. The average Bonchev–Trinajstić information content (AvgIpc) is 2.66. The standard InChI is InChI=1S/C15H33NO9S2Si/c1-12(27(16,19)20)11-26-13(2)15(18)25-10-14(17)9-24-7-6-8-28(21-3,22-4)23-5/h12-14,17H,6-11H2,1-5H3,(H2,16,19,20). The number of ether oxygens (including phenoxy) is 2. The van der Waals surface area contributed by atoms with Gasteiger partial charge in [-0.1, -0.05) is 0 Å². The van der Waals surface area contributed by atoms with Crippen molar-refractivity contribution >= 4 is 36.6 Å². The molecule has 3 unspecified atom stereocenters. The summed E-state index contributed by atoms with van der Waals surface area (Å²) >= 11 is 1.13. The number of hydrogen-bond acceptors (Lipinski definition) is 10. The van der Waals surface area contributed by atoms with Crippen LogP contribution in [0.2, 0.25) is 6.04 Å². The highest BCUT2D eigenvalue weighted by atomic mass is 32.2. The van der Waals surface area contributed by atoms with E-state index in [1.807, 2.05) is 0 Å². The van der Waals surface area contributed by atoms with Gasteiger partial charge in [-0.3, -0.25) is 4.79 Å². The fraction of sp³-hybridized carbons (Fsp3) is 0.933. The molecule has 168 valence electrons. The molecular formula is C15H33NO9S2Si. The minimum atomic E-state index is -3.63. The third-order valence-corrected chi connectivity index (χ3v) is 9.62. The summed E-state index contributed by atoms with van der Waals surface area (Å²) < 4.78 is 48.6. The number of nitrogens with two attached hydrogens (primary N) is 1. The lowest BCUT2D eigenvalue weighted by Gasteiger charge is -2.24. The number of aliphatic hydroxyl groups is 1. The van der Waals surface area contributed by atoms with E-state index in [4.69, 9.17) is 27.9 Å². The third kappa shape index (κ3) is 11.1. The largest absolute Gasteiger partial charge is 0.500 e. The molecule has 0 radical (unpaired) electrons. The van der Waals surface area contributed by atoms with Crippen LogP contribution in [0.4, 0.5) is 0 Å². The predicted molar refractivity (Wildman–Crippen MR) is 108 cm³/mol. The summed E-state index contributed by atoms with van der Waals surface area (Å²) in [5, 5.41) is 13.5. The first-order valence-corrected chi connectivity index (χ1v) is 13.3. The van der Waals surface area contributed by atoms with E-state index in [9.17, 15) is 18.3 Å². The van der Waals surface area contributed by atoms with E-state index in [1.165, 1.54) is 28.3 Å². The molecule has 0 bridgehead atoms. The van der Waals surface area contributed by atoms with Crippen LogP contribution in [0.1, 0.15) is 20.3 Å². The molecule has 13 heteroatoms. The molecule has 0 aromatic rings. The second-order valence-corrected chi connectivity index (χ2v) is 12.6. The topological polar surface area (TPSA) is 144 Å². The van der Waals surface area contributed by atoms with Crippen molar-refractivity contribution in [2.75, 3.05) is 46.9 Å². The van der Waals surface area contributed by atoms with Gasteiger partial charge in [0.05, 0.1) is 17.1 Å². The smallest absolute Gasteiger partial charge is 0.462 e. The zero-order chi connectivity index (χ0) is 21.8. The van der Waals surface area contributed by atoms with E-state index in [0.29, 0.717) is 19.1 Å². The van der Waals surface area contributed by atoms with Crippen LogP contribution in [0.3, 0.4) is 0 Å². The molecule has 0 aliphatic carbocycles. The molecule has 3 atom stereocenters. The summed E-state index contributed by atoms with van der Waals surface area (Å²) in [5.74, 6) is -0.363. The Kier molecular flexibility index (Phi) is 13.7. The number of thioether (sulfide) groups is 1. The van der Waals surface area contributed by atoms with Gasteiger partial charge in [0.2, 0.25) is 10.0 Å². The van der Waals surface area contributed by atoms with Crippen LogP contribution in [0.25, 0.3) is 0 Å². The number of carbonyl (C=O) groups excluding carboxylic acids is 1. The van der Waals surface area contributed by atoms with Crippen molar-refractivity contribution < 1.29 is 41.1 Å². The molecule has 0 rings (SSSR count). The highest BCUT2D eigenvalue weighted by Gasteiger charge is 2.36. The first-order valence-electron chi connectivity index (χ1n) is 8.72. The summed E-state index contributed by atoms with van der Waals surface area (Å²) in [4.78, 5) is 11.9. The van der Waals surface area contributed by atoms with Crippen molar-refractivity contribution in [3.63, 3.8) is 0 Å². The molecule has 10 nitrogen and oxygen atoms in total. The Morgan fingerprint density at radius 3 is 2.21 bits per heavy atom. The van der Waals surface area contributed by atoms with Crippen molar-refractivity contribution in [2.24, 2.45) is 5.14 Å². The molecule has 0 aliphatic heterocycles. The monoisotopic (exact) mass is 463 g/mol. The lowest BCUT2D eigenvalue weighted by Crippen LogP contribution is -2.42. The Morgan fingerprint density at radius 2 is 1.71 bits per heavy atom. The van der Waals surface area contributed by atoms with E-state index in [2.05, 4.69) is 0 Å². The minimum absolute atomic E-state index is 0.0127. The van der Waals surface area contributed by atoms with Crippen molar-refractivity contribution in [2.45, 2.75) is 42.9 Å². The van der Waals surface area contributed by atoms with Crippen LogP contribution in [0.15, 0.2) is 0 Å². The molecule has 28 heavy (non-hydrogen) atoms. The normalized spacial score (nSPS) is 15.8. The highest BCUT2D eigenvalue weighted by Crippen LogP contribution is 2.16. The van der Waals surface area contributed by atoms with E-state index in [1.54, 1.807) is 6.92 Å². The number of hydrogen-bond donors (Lipinski definition) is 2. The van der Waals surface area contributed by atoms with Gasteiger partial charge in [0, 0.05) is 39.7 Å². The molecule has 0 aromatic heterocycles. The number of aliphatic hydroxyl groups excluding tert-OH is 1. The Morgan fingerprint density at radius 1 is 1.14 bits per heavy atom. The van der Waals surface area contributed by atoms with Gasteiger partial charge < -0.3 is 27.9 Å². The maximum atomic E-state index is 11.9. The van der Waals surface area contributed by atoms with Crippen LogP contribution >= 0.6 is 11.8 Å². The van der Waals surface area contributed by atoms with E-state index in [0.717, 1.165) is 11.8 Å². The molecule has 0 spiro atoms. The number of rotatable bonds is 16. The first-order chi connectivity index (χ1) is 13.0. The quantitative estimate of drug-likeness (QED) is 0.182. The molecule has 0 saturated heterocycles. The van der Waals surface area contributed by atoms with Crippen LogP contribution in [0.5, 0.6) is 0 Å². The highest BCUT2D eigenvalue weighted by molar-refractivity contribution is 8.01. The maximum Gasteiger partial charge on any atom is 0.500 e. The van der Waals surface area contributed by atoms with Crippen LogP contribution in [-0.2, 0) is 37.6 Å². The van der Waals surface area contributed by atoms with Crippen LogP contribution in [-0.4, -0.2) is 91.8 Å². The van der Waals surface area contributed by atoms with E-state index in [-0.39, 0.29) is 19.0 Å². The molecule has 0 amide bonds. The van der Waals surface area contributed by atoms with Gasteiger partial charge >= 0.3 is 14.8 Å². The van der Waals surface area contributed by atoms with Gasteiger partial charge in [0.15, 0.2) is 0 Å². The Balaban J connectivity index is 3.99. The molecule has 0 heterocycles. The van der Waals surface area contributed by atoms with Gasteiger partial charge in [0.1, 0.15) is 12.7 Å². The number of primary sulfonamides is 1. The average molecular weight is 464 g/mol. The fourth-order valence-electron chi connectivity index (χ4n) is 1.95. The summed E-state index contributed by atoms with van der Waals surface area (Å²) in [5.41, 5.74) is 0. The lowest BCUT2D eigenvalue weighted by atomic mass is 10.4. The zero-order valence-corrected chi connectivity index (χ0v) is 19.7. The predicted octanol–water partition coefficient (Wildman–Crippen LogP) is -0.0260. The number of carbonyl (C=O) groups is 1. The van der Waals surface area contributed by atoms with Crippen LogP contribution in [0, 0.1) is 0 Å². The van der Waals surface area contributed by atoms with Gasteiger partial charge in [-0.05, 0) is 20.3 Å². The van der Waals surface area contributed by atoms with Crippen molar-refractivity contribution in [1.82, 2.24) is 0 Å². The molecule has 0 aromatic carbocycles. The number of sulfonamides is 1. The molecule has 0 aliphatic rings. The van der Waals surface area contributed by atoms with Gasteiger partial charge in [-0.2, -0.15) is 0 Å². The van der Waals surface area contributed by atoms with Crippen molar-refractivity contribution in [1.29, 1.82) is 0 Å². The molecule has 3 N–H and O–H groups in total. The van der Waals surface area contributed by atoms with E-state index < -0.39 is 41.4 Å². The van der Waals surface area contributed by atoms with Gasteiger partial charge in [-0.25, -0.2) is 13.6 Å². The Hall–Kier alpha value is -0.253. The van der Waals surface area contributed by atoms with Gasteiger partial charge in [-0.15, -0.1) is 11.8 Å². The molecule has 0 saturated carbocycles. The lowest BCUT2D eigenvalue weighted by molar-refractivity contribution is -0.146. The maximum absolute atomic E-state index is 11.9. The van der Waals surface area contributed by atoms with Crippen molar-refractivity contribution in [3.8, 4) is 0 Å². The summed E-state index contributed by atoms with van der Waals surface area (Å²) in [6.07, 6.45) is -0.330. The molecular weight excluding hydrogens is 430 g/mol.